The van der Waals surface area contributed by atoms with Crippen LogP contribution in [0.2, 0.25) is 0 Å². The minimum Gasteiger partial charge on any atom is -0.481 e. The summed E-state index contributed by atoms with van der Waals surface area (Å²) in [6.07, 6.45) is -2.80. The summed E-state index contributed by atoms with van der Waals surface area (Å²) in [5.74, 6) is -1.45. The van der Waals surface area contributed by atoms with E-state index in [1.807, 2.05) is 0 Å². The molecule has 1 aliphatic carbocycles. The first-order chi connectivity index (χ1) is 11.3. The molecule has 2 fully saturated rings. The number of aliphatic carboxylic acids is 1. The number of carboxylic acid groups (broad SMARTS) is 1. The second kappa shape index (κ2) is 6.11. The van der Waals surface area contributed by atoms with Crippen molar-refractivity contribution >= 4 is 11.9 Å². The van der Waals surface area contributed by atoms with Crippen LogP contribution in [0.25, 0.3) is 0 Å². The van der Waals surface area contributed by atoms with Crippen molar-refractivity contribution in [3.63, 3.8) is 0 Å². The number of benzene rings is 1. The van der Waals surface area contributed by atoms with Gasteiger partial charge in [-0.1, -0.05) is 12.1 Å². The van der Waals surface area contributed by atoms with E-state index < -0.39 is 17.7 Å². The maximum Gasteiger partial charge on any atom is 0.416 e. The van der Waals surface area contributed by atoms with Crippen molar-refractivity contribution in [2.24, 2.45) is 11.8 Å². The number of carbonyl (C=O) groups excluding carboxylic acids is 1. The van der Waals surface area contributed by atoms with Crippen LogP contribution in [0.15, 0.2) is 24.3 Å². The minimum absolute atomic E-state index is 0.0104. The molecule has 1 heterocycles. The molecule has 24 heavy (non-hydrogen) atoms. The molecule has 0 spiro atoms. The van der Waals surface area contributed by atoms with Crippen LogP contribution in [0.5, 0.6) is 0 Å². The van der Waals surface area contributed by atoms with Crippen molar-refractivity contribution < 1.29 is 27.9 Å². The Morgan fingerprint density at radius 1 is 1.08 bits per heavy atom. The highest BCUT2D eigenvalue weighted by Crippen LogP contribution is 2.49. The monoisotopic (exact) mass is 341 g/mol. The molecule has 0 aromatic heterocycles. The van der Waals surface area contributed by atoms with Crippen molar-refractivity contribution in [1.82, 2.24) is 4.90 Å². The molecule has 4 nitrogen and oxygen atoms in total. The van der Waals surface area contributed by atoms with E-state index in [0.717, 1.165) is 17.7 Å². The minimum atomic E-state index is -4.36. The van der Waals surface area contributed by atoms with Crippen molar-refractivity contribution in [2.45, 2.75) is 31.4 Å². The normalized spacial score (nSPS) is 24.7. The van der Waals surface area contributed by atoms with Gasteiger partial charge in [0.15, 0.2) is 0 Å². The number of halogens is 3. The highest BCUT2D eigenvalue weighted by atomic mass is 19.4. The van der Waals surface area contributed by atoms with Crippen LogP contribution in [0, 0.1) is 11.8 Å². The standard InChI is InChI=1S/C17H18F3NO3/c18-17(19,20)12-3-1-10(2-4-12)13-9-14(13)15(22)21-7-5-11(6-8-21)16(23)24/h1-4,11,13-14H,5-9H2,(H,23,24). The number of hydrogen-bond acceptors (Lipinski definition) is 2. The van der Waals surface area contributed by atoms with Crippen LogP contribution < -0.4 is 0 Å². The van der Waals surface area contributed by atoms with E-state index in [9.17, 15) is 22.8 Å². The SMILES string of the molecule is O=C(O)C1CCN(C(=O)C2CC2c2ccc(C(F)(F)F)cc2)CC1. The van der Waals surface area contributed by atoms with Crippen LogP contribution in [0.4, 0.5) is 13.2 Å². The fraction of sp³-hybridized carbons (Fsp3) is 0.529. The predicted octanol–water partition coefficient (Wildman–Crippen LogP) is 3.13. The lowest BCUT2D eigenvalue weighted by molar-refractivity contribution is -0.146. The molecule has 1 aliphatic heterocycles. The van der Waals surface area contributed by atoms with Gasteiger partial charge in [-0.05, 0) is 42.9 Å². The Balaban J connectivity index is 1.57. The Labute approximate surface area is 137 Å². The Morgan fingerprint density at radius 3 is 2.17 bits per heavy atom. The zero-order chi connectivity index (χ0) is 17.5. The van der Waals surface area contributed by atoms with E-state index in [2.05, 4.69) is 0 Å². The number of rotatable bonds is 3. The molecule has 1 saturated heterocycles. The Kier molecular flexibility index (Phi) is 4.27. The van der Waals surface area contributed by atoms with Gasteiger partial charge < -0.3 is 10.0 Å². The molecule has 2 aliphatic rings. The van der Waals surface area contributed by atoms with Crippen molar-refractivity contribution in [3.8, 4) is 0 Å². The van der Waals surface area contributed by atoms with Gasteiger partial charge in [0, 0.05) is 19.0 Å². The maximum atomic E-state index is 12.6. The molecule has 3 rings (SSSR count). The Hall–Kier alpha value is -2.05. The van der Waals surface area contributed by atoms with Crippen LogP contribution in [-0.4, -0.2) is 35.0 Å². The van der Waals surface area contributed by atoms with Gasteiger partial charge in [-0.3, -0.25) is 9.59 Å². The van der Waals surface area contributed by atoms with Crippen molar-refractivity contribution in [1.29, 1.82) is 0 Å². The van der Waals surface area contributed by atoms with Crippen LogP contribution in [0.1, 0.15) is 36.3 Å². The van der Waals surface area contributed by atoms with Gasteiger partial charge in [0.05, 0.1) is 11.5 Å². The molecule has 1 saturated carbocycles. The quantitative estimate of drug-likeness (QED) is 0.919. The van der Waals surface area contributed by atoms with Gasteiger partial charge in [-0.25, -0.2) is 0 Å². The zero-order valence-electron chi connectivity index (χ0n) is 12.9. The summed E-state index contributed by atoms with van der Waals surface area (Å²) in [5, 5.41) is 8.97. The molecule has 2 unspecified atom stereocenters. The number of alkyl halides is 3. The first kappa shape index (κ1) is 16.8. The summed E-state index contributed by atoms with van der Waals surface area (Å²) in [5.41, 5.74) is 0.0623. The number of carbonyl (C=O) groups is 2. The number of piperidine rings is 1. The molecule has 1 aromatic carbocycles. The highest BCUT2D eigenvalue weighted by molar-refractivity contribution is 5.83. The van der Waals surface area contributed by atoms with E-state index in [0.29, 0.717) is 32.4 Å². The molecular weight excluding hydrogens is 323 g/mol. The van der Waals surface area contributed by atoms with Gasteiger partial charge in [0.1, 0.15) is 0 Å². The number of hydrogen-bond donors (Lipinski definition) is 1. The third kappa shape index (κ3) is 3.39. The molecule has 2 atom stereocenters. The smallest absolute Gasteiger partial charge is 0.416 e. The summed E-state index contributed by atoms with van der Waals surface area (Å²) < 4.78 is 37.7. The predicted molar refractivity (Wildman–Crippen MR) is 79.2 cm³/mol. The van der Waals surface area contributed by atoms with E-state index in [4.69, 9.17) is 5.11 Å². The number of carboxylic acids is 1. The third-order valence-electron chi connectivity index (χ3n) is 4.93. The number of likely N-dealkylation sites (tertiary alicyclic amines) is 1. The number of nitrogens with zero attached hydrogens (tertiary/aromatic N) is 1. The molecule has 7 heteroatoms. The fourth-order valence-electron chi connectivity index (χ4n) is 3.34. The van der Waals surface area contributed by atoms with Crippen LogP contribution in [-0.2, 0) is 15.8 Å². The van der Waals surface area contributed by atoms with Gasteiger partial charge in [0.2, 0.25) is 5.91 Å². The molecule has 0 radical (unpaired) electrons. The summed E-state index contributed by atoms with van der Waals surface area (Å²) in [7, 11) is 0. The fourth-order valence-corrected chi connectivity index (χ4v) is 3.34. The molecule has 1 aromatic rings. The lowest BCUT2D eigenvalue weighted by Gasteiger charge is -2.30. The van der Waals surface area contributed by atoms with Crippen LogP contribution in [0.3, 0.4) is 0 Å². The average Bonchev–Trinajstić information content (AvgIpc) is 3.34. The lowest BCUT2D eigenvalue weighted by atomic mass is 9.96. The van der Waals surface area contributed by atoms with E-state index in [1.165, 1.54) is 12.1 Å². The first-order valence-electron chi connectivity index (χ1n) is 7.96. The van der Waals surface area contributed by atoms with Gasteiger partial charge >= 0.3 is 12.1 Å². The van der Waals surface area contributed by atoms with Gasteiger partial charge in [-0.2, -0.15) is 13.2 Å². The van der Waals surface area contributed by atoms with Crippen molar-refractivity contribution in [3.05, 3.63) is 35.4 Å². The average molecular weight is 341 g/mol. The Morgan fingerprint density at radius 2 is 1.67 bits per heavy atom. The lowest BCUT2D eigenvalue weighted by Crippen LogP contribution is -2.41. The second-order valence-corrected chi connectivity index (χ2v) is 6.51. The molecule has 1 amide bonds. The maximum absolute atomic E-state index is 12.6. The topological polar surface area (TPSA) is 57.6 Å². The van der Waals surface area contributed by atoms with Crippen LogP contribution >= 0.6 is 0 Å². The summed E-state index contributed by atoms with van der Waals surface area (Å²) in [6.45, 7) is 0.873. The number of amides is 1. The largest absolute Gasteiger partial charge is 0.481 e. The van der Waals surface area contributed by atoms with E-state index in [-0.39, 0.29) is 23.7 Å². The third-order valence-corrected chi connectivity index (χ3v) is 4.93. The van der Waals surface area contributed by atoms with E-state index >= 15 is 0 Å². The summed E-state index contributed by atoms with van der Waals surface area (Å²) in [4.78, 5) is 25.1. The van der Waals surface area contributed by atoms with Crippen molar-refractivity contribution in [2.75, 3.05) is 13.1 Å². The van der Waals surface area contributed by atoms with Gasteiger partial charge in [0.25, 0.3) is 0 Å². The molecule has 0 bridgehead atoms. The van der Waals surface area contributed by atoms with E-state index in [1.54, 1.807) is 4.90 Å². The molecule has 1 N–H and O–H groups in total. The molecular formula is C17H18F3NO3. The zero-order valence-corrected chi connectivity index (χ0v) is 12.9. The summed E-state index contributed by atoms with van der Waals surface area (Å²) >= 11 is 0. The highest BCUT2D eigenvalue weighted by Gasteiger charge is 2.46. The molecule has 130 valence electrons. The second-order valence-electron chi connectivity index (χ2n) is 6.51. The summed E-state index contributed by atoms with van der Waals surface area (Å²) in [6, 6.07) is 4.98. The first-order valence-corrected chi connectivity index (χ1v) is 7.96. The van der Waals surface area contributed by atoms with Gasteiger partial charge in [-0.15, -0.1) is 0 Å². The Bertz CT molecular complexity index is 633.